The fraction of sp³-hybridized carbons (Fsp3) is 0.0469. The van der Waals surface area contributed by atoms with Gasteiger partial charge in [0.05, 0.1) is 11.6 Å². The van der Waals surface area contributed by atoms with Gasteiger partial charge in [0.15, 0.2) is 0 Å². The highest BCUT2D eigenvalue weighted by Gasteiger charge is 2.35. The Morgan fingerprint density at radius 2 is 0.924 bits per heavy atom. The van der Waals surface area contributed by atoms with E-state index in [4.69, 9.17) is 0 Å². The van der Waals surface area contributed by atoms with Crippen molar-refractivity contribution in [2.45, 2.75) is 19.3 Å². The smallest absolute Gasteiger partial charge is 0.0991 e. The van der Waals surface area contributed by atoms with Crippen LogP contribution in [-0.4, -0.2) is 0 Å². The molecule has 12 rings (SSSR count). The van der Waals surface area contributed by atoms with Crippen LogP contribution in [0, 0.1) is 11.3 Å². The Morgan fingerprint density at radius 1 is 0.394 bits per heavy atom. The van der Waals surface area contributed by atoms with Gasteiger partial charge in [0.1, 0.15) is 0 Å². The van der Waals surface area contributed by atoms with E-state index in [0.29, 0.717) is 5.56 Å². The summed E-state index contributed by atoms with van der Waals surface area (Å²) in [5.74, 6) is 0. The molecule has 0 radical (unpaired) electrons. The van der Waals surface area contributed by atoms with Gasteiger partial charge < -0.3 is 4.90 Å². The third-order valence-electron chi connectivity index (χ3n) is 13.8. The summed E-state index contributed by atoms with van der Waals surface area (Å²) in [7, 11) is 0. The molecule has 0 saturated heterocycles. The van der Waals surface area contributed by atoms with E-state index in [9.17, 15) is 5.26 Å². The monoisotopic (exact) mass is 840 g/mol. The van der Waals surface area contributed by atoms with Crippen LogP contribution in [0.1, 0.15) is 41.7 Å². The first-order chi connectivity index (χ1) is 32.4. The molecule has 0 fully saturated rings. The van der Waals surface area contributed by atoms with E-state index in [1.807, 2.05) is 24.3 Å². The molecule has 310 valence electrons. The van der Waals surface area contributed by atoms with Crippen LogP contribution < -0.4 is 4.90 Å². The molecule has 0 unspecified atom stereocenters. The lowest BCUT2D eigenvalue weighted by molar-refractivity contribution is 0.660. The van der Waals surface area contributed by atoms with E-state index in [0.717, 1.165) is 28.2 Å². The van der Waals surface area contributed by atoms with Gasteiger partial charge >= 0.3 is 0 Å². The SMILES string of the molecule is CC1(C)c2ccccc2-c2ccc(N(c3ccc(C#N)cc3)c3ccc(C=Cc4ccc5cc(-c6c7ccccc7c(-c7cccc8ccccc78)c7ccccc67)ccc5c4)cc3)cc21. The Hall–Kier alpha value is -8.51. The third-order valence-corrected chi connectivity index (χ3v) is 13.8. The summed E-state index contributed by atoms with van der Waals surface area (Å²) in [4.78, 5) is 2.29. The van der Waals surface area contributed by atoms with Gasteiger partial charge in [-0.2, -0.15) is 5.26 Å². The molecule has 11 aromatic carbocycles. The normalized spacial score (nSPS) is 12.7. The van der Waals surface area contributed by atoms with Crippen molar-refractivity contribution in [3.8, 4) is 39.4 Å². The molecule has 0 amide bonds. The first-order valence-electron chi connectivity index (χ1n) is 22.7. The predicted octanol–water partition coefficient (Wildman–Crippen LogP) is 17.5. The number of anilines is 3. The highest BCUT2D eigenvalue weighted by atomic mass is 15.1. The van der Waals surface area contributed by atoms with Crippen LogP contribution in [0.15, 0.2) is 218 Å². The Labute approximate surface area is 385 Å². The number of fused-ring (bicyclic) bond motifs is 7. The zero-order valence-corrected chi connectivity index (χ0v) is 36.8. The summed E-state index contributed by atoms with van der Waals surface area (Å²) < 4.78 is 0. The fourth-order valence-electron chi connectivity index (χ4n) is 10.6. The summed E-state index contributed by atoms with van der Waals surface area (Å²) in [5, 5.41) is 19.5. The molecule has 1 aliphatic rings. The van der Waals surface area contributed by atoms with Crippen LogP contribution in [0.5, 0.6) is 0 Å². The Bertz CT molecular complexity index is 3730. The predicted molar refractivity (Wildman–Crippen MR) is 280 cm³/mol. The van der Waals surface area contributed by atoms with Gasteiger partial charge in [0, 0.05) is 22.5 Å². The summed E-state index contributed by atoms with van der Waals surface area (Å²) in [6, 6.07) is 81.3. The third kappa shape index (κ3) is 6.48. The fourth-order valence-corrected chi connectivity index (χ4v) is 10.6. The number of rotatable bonds is 7. The Kier molecular flexibility index (Phi) is 9.26. The van der Waals surface area contributed by atoms with Crippen molar-refractivity contribution in [1.82, 2.24) is 0 Å². The maximum Gasteiger partial charge on any atom is 0.0991 e. The van der Waals surface area contributed by atoms with Crippen LogP contribution in [-0.2, 0) is 5.41 Å². The lowest BCUT2D eigenvalue weighted by Gasteiger charge is -2.28. The molecule has 0 saturated carbocycles. The second-order valence-corrected chi connectivity index (χ2v) is 18.0. The van der Waals surface area contributed by atoms with Crippen LogP contribution >= 0.6 is 0 Å². The maximum atomic E-state index is 9.57. The van der Waals surface area contributed by atoms with E-state index in [-0.39, 0.29) is 5.41 Å². The van der Waals surface area contributed by atoms with Gasteiger partial charge in [-0.1, -0.05) is 184 Å². The van der Waals surface area contributed by atoms with Crippen LogP contribution in [0.2, 0.25) is 0 Å². The van der Waals surface area contributed by atoms with Crippen molar-refractivity contribution in [3.05, 3.63) is 246 Å². The van der Waals surface area contributed by atoms with Crippen molar-refractivity contribution in [2.24, 2.45) is 0 Å². The molecule has 66 heavy (non-hydrogen) atoms. The average Bonchev–Trinajstić information content (AvgIpc) is 3.60. The van der Waals surface area contributed by atoms with Gasteiger partial charge in [-0.05, 0) is 159 Å². The van der Waals surface area contributed by atoms with Crippen molar-refractivity contribution in [1.29, 1.82) is 5.26 Å². The number of nitrogens with zero attached hydrogens (tertiary/aromatic N) is 2. The van der Waals surface area contributed by atoms with Gasteiger partial charge in [0.25, 0.3) is 0 Å². The van der Waals surface area contributed by atoms with Crippen molar-refractivity contribution < 1.29 is 0 Å². The number of benzene rings is 11. The number of nitriles is 1. The van der Waals surface area contributed by atoms with Crippen LogP contribution in [0.4, 0.5) is 17.1 Å². The van der Waals surface area contributed by atoms with E-state index in [1.54, 1.807) is 0 Å². The van der Waals surface area contributed by atoms with Crippen molar-refractivity contribution >= 4 is 72.3 Å². The van der Waals surface area contributed by atoms with Gasteiger partial charge in [-0.3, -0.25) is 0 Å². The zero-order chi connectivity index (χ0) is 44.4. The lowest BCUT2D eigenvalue weighted by atomic mass is 9.82. The summed E-state index contributed by atoms with van der Waals surface area (Å²) >= 11 is 0. The van der Waals surface area contributed by atoms with Gasteiger partial charge in [-0.25, -0.2) is 0 Å². The van der Waals surface area contributed by atoms with Crippen LogP contribution in [0.3, 0.4) is 0 Å². The first kappa shape index (κ1) is 39.1. The van der Waals surface area contributed by atoms with Crippen molar-refractivity contribution in [2.75, 3.05) is 4.90 Å². The van der Waals surface area contributed by atoms with Gasteiger partial charge in [0.2, 0.25) is 0 Å². The molecule has 1 aliphatic carbocycles. The standard InChI is InChI=1S/C64H44N2/c1-64(2)60-21-10-9-15-53(60)54-37-36-51(40-61(54)64)66(50-34-27-44(41-65)28-35-50)49-32-25-42(26-33-49)22-23-43-24-29-47-39-48(31-30-46(47)38-43)62-56-16-5-7-18-58(56)63(59-19-8-6-17-57(59)62)55-20-11-13-45-12-3-4-14-52(45)55/h3-40H,1-2H3. The minimum Gasteiger partial charge on any atom is -0.310 e. The minimum absolute atomic E-state index is 0.118. The quantitative estimate of drug-likeness (QED) is 0.118. The molecule has 0 bridgehead atoms. The van der Waals surface area contributed by atoms with Gasteiger partial charge in [-0.15, -0.1) is 0 Å². The average molecular weight is 841 g/mol. The largest absolute Gasteiger partial charge is 0.310 e. The molecule has 0 N–H and O–H groups in total. The molecular weight excluding hydrogens is 797 g/mol. The van der Waals surface area contributed by atoms with E-state index in [1.165, 1.54) is 87.6 Å². The van der Waals surface area contributed by atoms with Crippen LogP contribution in [0.25, 0.3) is 88.6 Å². The molecule has 0 aliphatic heterocycles. The summed E-state index contributed by atoms with van der Waals surface area (Å²) in [5.41, 5.74) is 16.2. The van der Waals surface area contributed by atoms with E-state index in [2.05, 4.69) is 231 Å². The second kappa shape index (κ2) is 15.6. The van der Waals surface area contributed by atoms with Crippen molar-refractivity contribution in [3.63, 3.8) is 0 Å². The minimum atomic E-state index is -0.118. The molecule has 2 nitrogen and oxygen atoms in total. The number of hydrogen-bond acceptors (Lipinski definition) is 2. The highest BCUT2D eigenvalue weighted by molar-refractivity contribution is 6.23. The summed E-state index contributed by atoms with van der Waals surface area (Å²) in [6.45, 7) is 4.63. The molecule has 11 aromatic rings. The highest BCUT2D eigenvalue weighted by Crippen LogP contribution is 2.51. The first-order valence-corrected chi connectivity index (χ1v) is 22.7. The second-order valence-electron chi connectivity index (χ2n) is 18.0. The lowest BCUT2D eigenvalue weighted by Crippen LogP contribution is -2.16. The maximum absolute atomic E-state index is 9.57. The Morgan fingerprint density at radius 3 is 1.65 bits per heavy atom. The molecule has 0 spiro atoms. The Balaban J connectivity index is 0.865. The van der Waals surface area contributed by atoms with E-state index < -0.39 is 0 Å². The topological polar surface area (TPSA) is 27.0 Å². The summed E-state index contributed by atoms with van der Waals surface area (Å²) in [6.07, 6.45) is 4.39. The van der Waals surface area contributed by atoms with E-state index >= 15 is 0 Å². The molecule has 0 atom stereocenters. The zero-order valence-electron chi connectivity index (χ0n) is 36.8. The molecule has 2 heteroatoms. The molecular formula is C64H44N2. The molecule has 0 aromatic heterocycles. The number of hydrogen-bond donors (Lipinski definition) is 0. The molecule has 0 heterocycles.